The summed E-state index contributed by atoms with van der Waals surface area (Å²) in [5, 5.41) is 36.4. The molecule has 1 spiro atoms. The number of ether oxygens (including phenoxy) is 3. The number of hydrogen-bond acceptors (Lipinski definition) is 7. The van der Waals surface area contributed by atoms with Crippen LogP contribution in [0.25, 0.3) is 0 Å². The van der Waals surface area contributed by atoms with E-state index in [2.05, 4.69) is 20.8 Å². The van der Waals surface area contributed by atoms with Crippen molar-refractivity contribution in [1.82, 2.24) is 0 Å². The molecule has 0 aromatic carbocycles. The molecule has 2 heterocycles. The molecule has 14 atom stereocenters. The van der Waals surface area contributed by atoms with Gasteiger partial charge in [0.2, 0.25) is 0 Å². The third-order valence-electron chi connectivity index (χ3n) is 12.5. The van der Waals surface area contributed by atoms with Gasteiger partial charge in [0.15, 0.2) is 5.79 Å². The molecule has 4 saturated carbocycles. The molecule has 6 aliphatic rings. The molecule has 2 saturated heterocycles. The molecule has 7 heteroatoms. The first kappa shape index (κ1) is 25.5. The van der Waals surface area contributed by atoms with Gasteiger partial charge in [-0.25, -0.2) is 0 Å². The molecule has 6 fully saturated rings. The second-order valence-electron chi connectivity index (χ2n) is 14.0. The third-order valence-corrected chi connectivity index (χ3v) is 12.5. The van der Waals surface area contributed by atoms with E-state index in [1.807, 2.05) is 6.92 Å². The van der Waals surface area contributed by atoms with Crippen LogP contribution < -0.4 is 0 Å². The van der Waals surface area contributed by atoms with Gasteiger partial charge in [0.05, 0.1) is 18.8 Å². The highest BCUT2D eigenvalue weighted by Gasteiger charge is 2.80. The molecule has 0 radical (unpaired) electrons. The van der Waals surface area contributed by atoms with Crippen molar-refractivity contribution in [1.29, 1.82) is 0 Å². The highest BCUT2D eigenvalue weighted by molar-refractivity contribution is 5.66. The van der Waals surface area contributed by atoms with Gasteiger partial charge in [-0.2, -0.15) is 0 Å². The van der Waals surface area contributed by atoms with E-state index < -0.39 is 35.1 Å². The zero-order chi connectivity index (χ0) is 25.8. The van der Waals surface area contributed by atoms with Gasteiger partial charge >= 0.3 is 5.97 Å². The number of aliphatic hydroxyl groups is 3. The Labute approximate surface area is 215 Å². The molecule has 1 unspecified atom stereocenters. The highest BCUT2D eigenvalue weighted by Crippen LogP contribution is 2.72. The van der Waals surface area contributed by atoms with Crippen molar-refractivity contribution in [3.05, 3.63) is 0 Å². The summed E-state index contributed by atoms with van der Waals surface area (Å²) >= 11 is 0. The van der Waals surface area contributed by atoms with Gasteiger partial charge in [-0.1, -0.05) is 27.7 Å². The zero-order valence-electron chi connectivity index (χ0n) is 22.6. The average molecular weight is 507 g/mol. The summed E-state index contributed by atoms with van der Waals surface area (Å²) in [6, 6.07) is 0. The predicted molar refractivity (Wildman–Crippen MR) is 132 cm³/mol. The molecule has 0 aromatic heterocycles. The van der Waals surface area contributed by atoms with Crippen LogP contribution in [0.4, 0.5) is 0 Å². The van der Waals surface area contributed by atoms with Gasteiger partial charge in [-0.3, -0.25) is 4.79 Å². The third kappa shape index (κ3) is 3.07. The fourth-order valence-electron chi connectivity index (χ4n) is 10.5. The van der Waals surface area contributed by atoms with Gasteiger partial charge in [0.25, 0.3) is 0 Å². The van der Waals surface area contributed by atoms with E-state index in [1.165, 1.54) is 6.92 Å². The van der Waals surface area contributed by atoms with E-state index in [9.17, 15) is 20.1 Å². The van der Waals surface area contributed by atoms with E-state index in [-0.39, 0.29) is 41.2 Å². The normalized spacial score (nSPS) is 60.1. The van der Waals surface area contributed by atoms with Gasteiger partial charge in [0.1, 0.15) is 17.8 Å². The molecule has 0 amide bonds. The van der Waals surface area contributed by atoms with Crippen molar-refractivity contribution in [3.63, 3.8) is 0 Å². The molecule has 3 N–H and O–H groups in total. The molecular formula is C29H46O7. The molecule has 7 nitrogen and oxygen atoms in total. The largest absolute Gasteiger partial charge is 0.463 e. The number of hydrogen-bond donors (Lipinski definition) is 3. The molecule has 6 rings (SSSR count). The number of carbonyl (C=O) groups is 1. The van der Waals surface area contributed by atoms with Crippen molar-refractivity contribution in [2.45, 2.75) is 122 Å². The minimum atomic E-state index is -1.41. The lowest BCUT2D eigenvalue weighted by Crippen LogP contribution is -2.70. The van der Waals surface area contributed by atoms with Gasteiger partial charge in [-0.15, -0.1) is 0 Å². The summed E-state index contributed by atoms with van der Waals surface area (Å²) in [6.07, 6.45) is 4.36. The van der Waals surface area contributed by atoms with E-state index >= 15 is 0 Å². The van der Waals surface area contributed by atoms with Crippen LogP contribution in [0.5, 0.6) is 0 Å². The van der Waals surface area contributed by atoms with Crippen molar-refractivity contribution in [2.24, 2.45) is 46.3 Å². The van der Waals surface area contributed by atoms with Crippen LogP contribution in [0.15, 0.2) is 0 Å². The number of aliphatic hydroxyl groups excluding tert-OH is 2. The smallest absolute Gasteiger partial charge is 0.302 e. The number of esters is 1. The maximum atomic E-state index is 12.6. The van der Waals surface area contributed by atoms with Crippen LogP contribution in [-0.2, 0) is 19.0 Å². The lowest BCUT2D eigenvalue weighted by atomic mass is 9.42. The highest BCUT2D eigenvalue weighted by atomic mass is 16.7. The first-order chi connectivity index (χ1) is 16.9. The fraction of sp³-hybridized carbons (Fsp3) is 0.966. The summed E-state index contributed by atoms with van der Waals surface area (Å²) in [7, 11) is 0. The minimum absolute atomic E-state index is 0.0269. The fourth-order valence-corrected chi connectivity index (χ4v) is 10.5. The SMILES string of the molecule is CC(=O)O[C@H]1CC[C@@]2(C)C(CC[C@@H]3[C@@H]2C[C@@H](O)[C@]2(C)[C@@H]4[C@@H](O[C@]5(CC[C@H](C)CO5)[C@H]4C)[C@@H](O)[C@]32O)C1. The Morgan fingerprint density at radius 2 is 1.75 bits per heavy atom. The Morgan fingerprint density at radius 1 is 1.00 bits per heavy atom. The zero-order valence-corrected chi connectivity index (χ0v) is 22.6. The predicted octanol–water partition coefficient (Wildman–Crippen LogP) is 3.42. The maximum Gasteiger partial charge on any atom is 0.302 e. The van der Waals surface area contributed by atoms with Crippen LogP contribution in [0, 0.1) is 46.3 Å². The van der Waals surface area contributed by atoms with E-state index in [0.717, 1.165) is 44.9 Å². The van der Waals surface area contributed by atoms with Crippen LogP contribution in [0.1, 0.15) is 86.0 Å². The quantitative estimate of drug-likeness (QED) is 0.468. The Morgan fingerprint density at radius 3 is 2.42 bits per heavy atom. The Hall–Kier alpha value is -0.730. The van der Waals surface area contributed by atoms with Crippen molar-refractivity contribution >= 4 is 5.97 Å². The first-order valence-electron chi connectivity index (χ1n) is 14.5. The number of fused-ring (bicyclic) bond motifs is 7. The molecule has 2 aliphatic heterocycles. The molecule has 4 aliphatic carbocycles. The maximum absolute atomic E-state index is 12.6. The topological polar surface area (TPSA) is 105 Å². The standard InChI is InChI=1S/C29H46O7/c1-15-8-11-28(34-14-15)16(2)23-24(36-28)25(32)29(33)20-7-6-18-12-19(35-17(3)30)9-10-26(18,4)21(20)13-22(31)27(23,29)5/h15-16,18-25,31-33H,6-14H2,1-5H3/t15-,16-,18?,19-,20+,21-,22+,23-,24+,25+,26-,27+,28+,29+/m0/s1. The van der Waals surface area contributed by atoms with Crippen molar-refractivity contribution in [2.75, 3.05) is 6.61 Å². The summed E-state index contributed by atoms with van der Waals surface area (Å²) in [4.78, 5) is 11.6. The number of rotatable bonds is 1. The lowest BCUT2D eigenvalue weighted by molar-refractivity contribution is -0.310. The van der Waals surface area contributed by atoms with Crippen molar-refractivity contribution < 1.29 is 34.3 Å². The van der Waals surface area contributed by atoms with Gasteiger partial charge < -0.3 is 29.5 Å². The molecule has 36 heavy (non-hydrogen) atoms. The van der Waals surface area contributed by atoms with E-state index in [0.29, 0.717) is 24.9 Å². The lowest BCUT2D eigenvalue weighted by Gasteiger charge is -2.65. The summed E-state index contributed by atoms with van der Waals surface area (Å²) < 4.78 is 18.5. The molecular weight excluding hydrogens is 460 g/mol. The van der Waals surface area contributed by atoms with E-state index in [1.54, 1.807) is 0 Å². The van der Waals surface area contributed by atoms with Crippen LogP contribution in [0.3, 0.4) is 0 Å². The molecule has 0 bridgehead atoms. The average Bonchev–Trinajstić information content (AvgIpc) is 3.20. The van der Waals surface area contributed by atoms with Gasteiger partial charge in [0, 0.05) is 30.6 Å². The Kier molecular flexibility index (Phi) is 5.77. The molecule has 0 aromatic rings. The second-order valence-corrected chi connectivity index (χ2v) is 14.0. The van der Waals surface area contributed by atoms with Crippen LogP contribution in [0.2, 0.25) is 0 Å². The van der Waals surface area contributed by atoms with Gasteiger partial charge in [-0.05, 0) is 74.0 Å². The monoisotopic (exact) mass is 506 g/mol. The minimum Gasteiger partial charge on any atom is -0.463 e. The summed E-state index contributed by atoms with van der Waals surface area (Å²) in [5.41, 5.74) is -2.35. The summed E-state index contributed by atoms with van der Waals surface area (Å²) in [5.74, 6) is -0.289. The molecule has 204 valence electrons. The number of carbonyl (C=O) groups excluding carboxylic acids is 1. The summed E-state index contributed by atoms with van der Waals surface area (Å²) in [6.45, 7) is 10.8. The Bertz CT molecular complexity index is 900. The van der Waals surface area contributed by atoms with Crippen LogP contribution >= 0.6 is 0 Å². The van der Waals surface area contributed by atoms with Crippen molar-refractivity contribution in [3.8, 4) is 0 Å². The van der Waals surface area contributed by atoms with E-state index in [4.69, 9.17) is 14.2 Å². The first-order valence-corrected chi connectivity index (χ1v) is 14.5. The second kappa shape index (κ2) is 8.14. The Balaban J connectivity index is 1.32. The van der Waals surface area contributed by atoms with Crippen LogP contribution in [-0.4, -0.2) is 63.7 Å².